The van der Waals surface area contributed by atoms with E-state index >= 15 is 0 Å². The van der Waals surface area contributed by atoms with Crippen molar-refractivity contribution in [2.45, 2.75) is 26.0 Å². The third kappa shape index (κ3) is 3.74. The maximum absolute atomic E-state index is 11.7. The summed E-state index contributed by atoms with van der Waals surface area (Å²) in [7, 11) is 0. The minimum absolute atomic E-state index is 0.329. The molecule has 0 aliphatic rings. The molecule has 6 heteroatoms. The van der Waals surface area contributed by atoms with Crippen LogP contribution in [0.4, 0.5) is 0 Å². The highest BCUT2D eigenvalue weighted by atomic mass is 32.2. The van der Waals surface area contributed by atoms with Crippen molar-refractivity contribution >= 4 is 23.3 Å². The van der Waals surface area contributed by atoms with Gasteiger partial charge in [0.05, 0.1) is 12.2 Å². The van der Waals surface area contributed by atoms with E-state index in [1.165, 1.54) is 0 Å². The van der Waals surface area contributed by atoms with Crippen molar-refractivity contribution in [2.75, 3.05) is 12.0 Å². The predicted molar refractivity (Wildman–Crippen MR) is 80.8 cm³/mol. The number of carbonyl (C=O) groups excluding carboxylic acids is 1. The Bertz CT molecular complexity index is 597. The second-order valence-electron chi connectivity index (χ2n) is 4.72. The van der Waals surface area contributed by atoms with Crippen molar-refractivity contribution in [3.05, 3.63) is 35.8 Å². The maximum atomic E-state index is 11.7. The minimum Gasteiger partial charge on any atom is -0.383 e. The van der Waals surface area contributed by atoms with Gasteiger partial charge in [-0.1, -0.05) is 0 Å². The van der Waals surface area contributed by atoms with Crippen LogP contribution in [0, 0.1) is 6.92 Å². The Balaban J connectivity index is 1.93. The Morgan fingerprint density at radius 3 is 3.15 bits per heavy atom. The van der Waals surface area contributed by atoms with Gasteiger partial charge in [-0.25, -0.2) is 4.98 Å². The van der Waals surface area contributed by atoms with Gasteiger partial charge < -0.3 is 14.8 Å². The van der Waals surface area contributed by atoms with E-state index in [9.17, 15) is 9.90 Å². The van der Waals surface area contributed by atoms with Crippen LogP contribution in [0.5, 0.6) is 0 Å². The normalized spacial score (nSPS) is 12.6. The van der Waals surface area contributed by atoms with Crippen molar-refractivity contribution in [1.82, 2.24) is 14.7 Å². The first kappa shape index (κ1) is 14.9. The Hall–Kier alpha value is -1.53. The molecule has 1 amide bonds. The van der Waals surface area contributed by atoms with Gasteiger partial charge in [-0.05, 0) is 43.0 Å². The number of pyridine rings is 1. The van der Waals surface area contributed by atoms with Crippen molar-refractivity contribution < 1.29 is 9.90 Å². The molecule has 2 heterocycles. The predicted octanol–water partition coefficient (Wildman–Crippen LogP) is 1.37. The lowest BCUT2D eigenvalue weighted by molar-refractivity contribution is -0.129. The van der Waals surface area contributed by atoms with Crippen molar-refractivity contribution in [3.63, 3.8) is 0 Å². The molecule has 0 spiro atoms. The molecule has 0 saturated carbocycles. The SMILES string of the molecule is CSCC[C@H](O)C(=O)NCc1cn2ccc(C)cc2n1. The van der Waals surface area contributed by atoms with Gasteiger partial charge in [-0.15, -0.1) is 0 Å². The summed E-state index contributed by atoms with van der Waals surface area (Å²) in [6.07, 6.45) is 5.29. The van der Waals surface area contributed by atoms with Gasteiger partial charge in [0.25, 0.3) is 0 Å². The van der Waals surface area contributed by atoms with Crippen LogP contribution >= 0.6 is 11.8 Å². The van der Waals surface area contributed by atoms with Gasteiger partial charge >= 0.3 is 0 Å². The zero-order valence-corrected chi connectivity index (χ0v) is 12.5. The lowest BCUT2D eigenvalue weighted by Crippen LogP contribution is -2.34. The minimum atomic E-state index is -0.943. The molecule has 0 bridgehead atoms. The third-order valence-electron chi connectivity index (χ3n) is 3.01. The van der Waals surface area contributed by atoms with E-state index in [0.717, 1.165) is 22.7 Å². The molecule has 0 aliphatic carbocycles. The highest BCUT2D eigenvalue weighted by Gasteiger charge is 2.14. The summed E-state index contributed by atoms with van der Waals surface area (Å²) in [4.78, 5) is 16.1. The molecule has 0 aromatic carbocycles. The second-order valence-corrected chi connectivity index (χ2v) is 5.70. The number of aryl methyl sites for hydroxylation is 1. The molecule has 2 rings (SSSR count). The average molecular weight is 293 g/mol. The van der Waals surface area contributed by atoms with Gasteiger partial charge in [0.15, 0.2) is 0 Å². The van der Waals surface area contributed by atoms with Crippen molar-refractivity contribution in [3.8, 4) is 0 Å². The molecular weight excluding hydrogens is 274 g/mol. The molecule has 0 saturated heterocycles. The Kier molecular flexibility index (Phi) is 5.03. The number of imidazole rings is 1. The largest absolute Gasteiger partial charge is 0.383 e. The number of carbonyl (C=O) groups is 1. The van der Waals surface area contributed by atoms with E-state index in [1.807, 2.05) is 42.1 Å². The van der Waals surface area contributed by atoms with Gasteiger partial charge in [0.1, 0.15) is 11.8 Å². The Morgan fingerprint density at radius 1 is 1.60 bits per heavy atom. The van der Waals surface area contributed by atoms with Crippen LogP contribution in [0.1, 0.15) is 17.7 Å². The summed E-state index contributed by atoms with van der Waals surface area (Å²) < 4.78 is 1.92. The molecular formula is C14H19N3O2S. The van der Waals surface area contributed by atoms with Crippen LogP contribution in [-0.4, -0.2) is 38.5 Å². The molecule has 2 aromatic rings. The number of hydrogen-bond acceptors (Lipinski definition) is 4. The fourth-order valence-electron chi connectivity index (χ4n) is 1.88. The third-order valence-corrected chi connectivity index (χ3v) is 3.65. The van der Waals surface area contributed by atoms with E-state index in [-0.39, 0.29) is 5.91 Å². The first-order valence-corrected chi connectivity index (χ1v) is 7.88. The van der Waals surface area contributed by atoms with Crippen LogP contribution < -0.4 is 5.32 Å². The van der Waals surface area contributed by atoms with E-state index < -0.39 is 6.10 Å². The van der Waals surface area contributed by atoms with Crippen LogP contribution in [-0.2, 0) is 11.3 Å². The number of nitrogens with zero attached hydrogens (tertiary/aromatic N) is 2. The summed E-state index contributed by atoms with van der Waals surface area (Å²) in [6.45, 7) is 2.34. The van der Waals surface area contributed by atoms with Crippen LogP contribution in [0.2, 0.25) is 0 Å². The van der Waals surface area contributed by atoms with E-state index in [4.69, 9.17) is 0 Å². The van der Waals surface area contributed by atoms with Gasteiger partial charge in [0, 0.05) is 12.4 Å². The fourth-order valence-corrected chi connectivity index (χ4v) is 2.34. The molecule has 20 heavy (non-hydrogen) atoms. The number of amides is 1. The number of rotatable bonds is 6. The number of hydrogen-bond donors (Lipinski definition) is 2. The molecule has 0 fully saturated rings. The summed E-state index contributed by atoms with van der Waals surface area (Å²) in [5.41, 5.74) is 2.78. The quantitative estimate of drug-likeness (QED) is 0.844. The molecule has 2 aromatic heterocycles. The topological polar surface area (TPSA) is 66.6 Å². The summed E-state index contributed by atoms with van der Waals surface area (Å²) >= 11 is 1.61. The fraction of sp³-hybridized carbons (Fsp3) is 0.429. The number of nitrogens with one attached hydrogen (secondary N) is 1. The summed E-state index contributed by atoms with van der Waals surface area (Å²) in [5, 5.41) is 12.4. The van der Waals surface area contributed by atoms with E-state index in [0.29, 0.717) is 13.0 Å². The zero-order chi connectivity index (χ0) is 14.5. The lowest BCUT2D eigenvalue weighted by Gasteiger charge is -2.09. The van der Waals surface area contributed by atoms with Gasteiger partial charge in [-0.2, -0.15) is 11.8 Å². The number of aliphatic hydroxyl groups excluding tert-OH is 1. The number of fused-ring (bicyclic) bond motifs is 1. The molecule has 1 atom stereocenters. The first-order chi connectivity index (χ1) is 9.60. The Labute approximate surface area is 122 Å². The standard InChI is InChI=1S/C14H19N3O2S/c1-10-3-5-17-9-11(16-13(17)7-10)8-15-14(19)12(18)4-6-20-2/h3,5,7,9,12,18H,4,6,8H2,1-2H3,(H,15,19)/t12-/m0/s1. The Morgan fingerprint density at radius 2 is 2.40 bits per heavy atom. The van der Waals surface area contributed by atoms with Crippen LogP contribution in [0.25, 0.3) is 5.65 Å². The number of aromatic nitrogens is 2. The number of thioether (sulfide) groups is 1. The first-order valence-electron chi connectivity index (χ1n) is 6.49. The van der Waals surface area contributed by atoms with Crippen molar-refractivity contribution in [2.24, 2.45) is 0 Å². The van der Waals surface area contributed by atoms with Gasteiger partial charge in [-0.3, -0.25) is 4.79 Å². The zero-order valence-electron chi connectivity index (χ0n) is 11.7. The van der Waals surface area contributed by atoms with Crippen molar-refractivity contribution in [1.29, 1.82) is 0 Å². The monoisotopic (exact) mass is 293 g/mol. The lowest BCUT2D eigenvalue weighted by atomic mass is 10.2. The smallest absolute Gasteiger partial charge is 0.249 e. The molecule has 2 N–H and O–H groups in total. The maximum Gasteiger partial charge on any atom is 0.249 e. The summed E-state index contributed by atoms with van der Waals surface area (Å²) in [6, 6.07) is 3.99. The van der Waals surface area contributed by atoms with E-state index in [1.54, 1.807) is 11.8 Å². The molecule has 0 unspecified atom stereocenters. The van der Waals surface area contributed by atoms with Gasteiger partial charge in [0.2, 0.25) is 5.91 Å². The average Bonchev–Trinajstić information content (AvgIpc) is 2.83. The molecule has 108 valence electrons. The number of aliphatic hydroxyl groups is 1. The second kappa shape index (κ2) is 6.76. The highest BCUT2D eigenvalue weighted by molar-refractivity contribution is 7.98. The van der Waals surface area contributed by atoms with E-state index in [2.05, 4.69) is 10.3 Å². The van der Waals surface area contributed by atoms with Crippen LogP contribution in [0.3, 0.4) is 0 Å². The van der Waals surface area contributed by atoms with Crippen LogP contribution in [0.15, 0.2) is 24.5 Å². The summed E-state index contributed by atoms with van der Waals surface area (Å²) in [5.74, 6) is 0.426. The molecule has 0 aliphatic heterocycles. The molecule has 5 nitrogen and oxygen atoms in total. The highest BCUT2D eigenvalue weighted by Crippen LogP contribution is 2.07. The molecule has 0 radical (unpaired) electrons.